The monoisotopic (exact) mass is 425 g/mol. The Hall–Kier alpha value is -1.51. The van der Waals surface area contributed by atoms with Gasteiger partial charge in [0.2, 0.25) is 15.9 Å². The summed E-state index contributed by atoms with van der Waals surface area (Å²) in [6.07, 6.45) is 4.90. The molecule has 2 aliphatic rings. The lowest BCUT2D eigenvalue weighted by Gasteiger charge is -2.52. The van der Waals surface area contributed by atoms with Gasteiger partial charge in [0.25, 0.3) is 0 Å². The van der Waals surface area contributed by atoms with Crippen LogP contribution >= 0.6 is 0 Å². The number of carbonyl (C=O) groups excluding carboxylic acids is 1. The highest BCUT2D eigenvalue weighted by atomic mass is 32.2. The first kappa shape index (κ1) is 22.2. The average Bonchev–Trinajstić information content (AvgIpc) is 2.62. The van der Waals surface area contributed by atoms with Crippen molar-refractivity contribution in [3.05, 3.63) is 29.6 Å². The molecule has 162 valence electrons. The van der Waals surface area contributed by atoms with Crippen molar-refractivity contribution in [3.8, 4) is 0 Å². The van der Waals surface area contributed by atoms with Gasteiger partial charge in [0.1, 0.15) is 5.82 Å². The molecule has 0 bridgehead atoms. The summed E-state index contributed by atoms with van der Waals surface area (Å²) in [6.45, 7) is 8.00. The quantitative estimate of drug-likeness (QED) is 0.805. The average molecular weight is 426 g/mol. The summed E-state index contributed by atoms with van der Waals surface area (Å²) in [5.41, 5.74) is 0.651. The zero-order chi connectivity index (χ0) is 21.4. The van der Waals surface area contributed by atoms with Gasteiger partial charge in [-0.2, -0.15) is 4.31 Å². The van der Waals surface area contributed by atoms with Gasteiger partial charge in [-0.25, -0.2) is 12.8 Å². The first-order chi connectivity index (χ1) is 13.4. The van der Waals surface area contributed by atoms with E-state index in [0.717, 1.165) is 38.8 Å². The lowest BCUT2D eigenvalue weighted by molar-refractivity contribution is -0.118. The van der Waals surface area contributed by atoms with Gasteiger partial charge in [0, 0.05) is 17.8 Å². The molecule has 0 aliphatic carbocycles. The first-order valence-electron chi connectivity index (χ1n) is 10.2. The van der Waals surface area contributed by atoms with Crippen LogP contribution in [-0.4, -0.2) is 61.5 Å². The molecule has 1 N–H and O–H groups in total. The predicted molar refractivity (Wildman–Crippen MR) is 113 cm³/mol. The molecular formula is C21H32FN3O3S. The van der Waals surface area contributed by atoms with E-state index in [1.807, 2.05) is 13.8 Å². The van der Waals surface area contributed by atoms with E-state index >= 15 is 0 Å². The SMILES string of the molecule is Cc1ccc(NC(=O)CN2CCC3(CC2)CCC(C)(C)N(S(C)(=O)=O)C3)cc1F. The largest absolute Gasteiger partial charge is 0.325 e. The van der Waals surface area contributed by atoms with E-state index in [0.29, 0.717) is 17.8 Å². The number of rotatable bonds is 4. The third-order valence-corrected chi connectivity index (χ3v) is 7.99. The number of carbonyl (C=O) groups is 1. The summed E-state index contributed by atoms with van der Waals surface area (Å²) < 4.78 is 39.9. The molecule has 0 radical (unpaired) electrons. The summed E-state index contributed by atoms with van der Waals surface area (Å²) in [5, 5.41) is 2.76. The fraction of sp³-hybridized carbons (Fsp3) is 0.667. The molecule has 1 aromatic rings. The Bertz CT molecular complexity index is 877. The molecular weight excluding hydrogens is 393 g/mol. The molecule has 0 atom stereocenters. The van der Waals surface area contributed by atoms with Crippen LogP contribution in [0.4, 0.5) is 10.1 Å². The van der Waals surface area contributed by atoms with Gasteiger partial charge in [0.15, 0.2) is 0 Å². The van der Waals surface area contributed by atoms with Crippen molar-refractivity contribution >= 4 is 21.6 Å². The minimum Gasteiger partial charge on any atom is -0.325 e. The molecule has 2 aliphatic heterocycles. The van der Waals surface area contributed by atoms with Crippen LogP contribution < -0.4 is 5.32 Å². The smallest absolute Gasteiger partial charge is 0.238 e. The minimum atomic E-state index is -3.26. The maximum absolute atomic E-state index is 13.7. The number of sulfonamides is 1. The molecule has 3 rings (SSSR count). The number of likely N-dealkylation sites (tertiary alicyclic amines) is 1. The van der Waals surface area contributed by atoms with Crippen molar-refractivity contribution in [2.24, 2.45) is 5.41 Å². The van der Waals surface area contributed by atoms with E-state index in [-0.39, 0.29) is 29.2 Å². The van der Waals surface area contributed by atoms with Crippen LogP contribution in [0.2, 0.25) is 0 Å². The molecule has 0 saturated carbocycles. The van der Waals surface area contributed by atoms with Crippen molar-refractivity contribution in [1.82, 2.24) is 9.21 Å². The Kier molecular flexibility index (Phi) is 6.09. The Morgan fingerprint density at radius 2 is 1.83 bits per heavy atom. The molecule has 6 nitrogen and oxygen atoms in total. The molecule has 2 saturated heterocycles. The van der Waals surface area contributed by atoms with Gasteiger partial charge in [-0.05, 0) is 82.7 Å². The number of halogens is 1. The Morgan fingerprint density at radius 3 is 2.41 bits per heavy atom. The van der Waals surface area contributed by atoms with Gasteiger partial charge >= 0.3 is 0 Å². The van der Waals surface area contributed by atoms with Crippen molar-refractivity contribution in [1.29, 1.82) is 0 Å². The molecule has 0 aromatic heterocycles. The fourth-order valence-electron chi connectivity index (χ4n) is 4.53. The third kappa shape index (κ3) is 5.16. The normalized spacial score (nSPS) is 22.5. The molecule has 2 fully saturated rings. The second-order valence-electron chi connectivity index (χ2n) is 9.37. The van der Waals surface area contributed by atoms with E-state index in [9.17, 15) is 17.6 Å². The number of nitrogens with one attached hydrogen (secondary N) is 1. The maximum Gasteiger partial charge on any atom is 0.238 e. The highest BCUT2D eigenvalue weighted by molar-refractivity contribution is 7.88. The molecule has 1 amide bonds. The second-order valence-corrected chi connectivity index (χ2v) is 11.3. The fourth-order valence-corrected chi connectivity index (χ4v) is 6.02. The molecule has 8 heteroatoms. The first-order valence-corrected chi connectivity index (χ1v) is 12.0. The van der Waals surface area contributed by atoms with Crippen molar-refractivity contribution in [2.75, 3.05) is 37.8 Å². The number of aryl methyl sites for hydroxylation is 1. The summed E-state index contributed by atoms with van der Waals surface area (Å²) in [6, 6.07) is 4.68. The van der Waals surface area contributed by atoms with E-state index in [2.05, 4.69) is 10.2 Å². The van der Waals surface area contributed by atoms with Crippen LogP contribution in [0, 0.1) is 18.2 Å². The standard InChI is InChI=1S/C21H32FN3O3S/c1-16-5-6-17(13-18(16)22)23-19(26)14-24-11-9-21(10-12-24)8-7-20(2,3)25(15-21)29(4,27)28/h5-6,13H,7-12,14-15H2,1-4H3,(H,23,26). The summed E-state index contributed by atoms with van der Waals surface area (Å²) in [7, 11) is -3.26. The summed E-state index contributed by atoms with van der Waals surface area (Å²) in [4.78, 5) is 14.4. The topological polar surface area (TPSA) is 69.7 Å². The van der Waals surface area contributed by atoms with Crippen molar-refractivity contribution in [3.63, 3.8) is 0 Å². The number of nitrogens with zero attached hydrogens (tertiary/aromatic N) is 2. The number of hydrogen-bond donors (Lipinski definition) is 1. The Labute approximate surface area is 173 Å². The molecule has 29 heavy (non-hydrogen) atoms. The van der Waals surface area contributed by atoms with E-state index in [4.69, 9.17) is 0 Å². The number of amides is 1. The van der Waals surface area contributed by atoms with Gasteiger partial charge in [-0.3, -0.25) is 9.69 Å². The van der Waals surface area contributed by atoms with Gasteiger partial charge in [0.05, 0.1) is 12.8 Å². The van der Waals surface area contributed by atoms with Crippen LogP contribution in [0.1, 0.15) is 45.1 Å². The number of piperidine rings is 2. The highest BCUT2D eigenvalue weighted by Gasteiger charge is 2.47. The van der Waals surface area contributed by atoms with E-state index < -0.39 is 10.0 Å². The zero-order valence-electron chi connectivity index (χ0n) is 17.8. The zero-order valence-corrected chi connectivity index (χ0v) is 18.6. The number of hydrogen-bond acceptors (Lipinski definition) is 4. The molecule has 1 aromatic carbocycles. The highest BCUT2D eigenvalue weighted by Crippen LogP contribution is 2.45. The lowest BCUT2D eigenvalue weighted by atomic mass is 9.69. The minimum absolute atomic E-state index is 0.00827. The third-order valence-electron chi connectivity index (χ3n) is 6.56. The van der Waals surface area contributed by atoms with Gasteiger partial charge < -0.3 is 5.32 Å². The number of anilines is 1. The Morgan fingerprint density at radius 1 is 1.17 bits per heavy atom. The number of benzene rings is 1. The van der Waals surface area contributed by atoms with E-state index in [1.54, 1.807) is 23.4 Å². The van der Waals surface area contributed by atoms with Gasteiger partial charge in [-0.15, -0.1) is 0 Å². The van der Waals surface area contributed by atoms with Crippen LogP contribution in [0.15, 0.2) is 18.2 Å². The molecule has 2 heterocycles. The van der Waals surface area contributed by atoms with Crippen LogP contribution in [0.25, 0.3) is 0 Å². The molecule has 0 unspecified atom stereocenters. The predicted octanol–water partition coefficient (Wildman–Crippen LogP) is 2.99. The van der Waals surface area contributed by atoms with Gasteiger partial charge in [-0.1, -0.05) is 6.07 Å². The summed E-state index contributed by atoms with van der Waals surface area (Å²) >= 11 is 0. The second kappa shape index (κ2) is 7.96. The molecule has 1 spiro atoms. The van der Waals surface area contributed by atoms with Crippen molar-refractivity contribution < 1.29 is 17.6 Å². The lowest BCUT2D eigenvalue weighted by Crippen LogP contribution is -2.58. The van der Waals surface area contributed by atoms with Crippen LogP contribution in [0.3, 0.4) is 0 Å². The Balaban J connectivity index is 1.56. The van der Waals surface area contributed by atoms with Crippen molar-refractivity contribution in [2.45, 2.75) is 52.0 Å². The summed E-state index contributed by atoms with van der Waals surface area (Å²) in [5.74, 6) is -0.495. The van der Waals surface area contributed by atoms with Crippen LogP contribution in [0.5, 0.6) is 0 Å². The van der Waals surface area contributed by atoms with E-state index in [1.165, 1.54) is 12.3 Å². The maximum atomic E-state index is 13.7. The van der Waals surface area contributed by atoms with Crippen LogP contribution in [-0.2, 0) is 14.8 Å².